The summed E-state index contributed by atoms with van der Waals surface area (Å²) in [6.07, 6.45) is 5.42. The number of carbonyl (C=O) groups is 1. The molecule has 2 N–H and O–H groups in total. The monoisotopic (exact) mass is 439 g/mol. The number of pyridine rings is 1. The molecule has 1 atom stereocenters. The maximum Gasteiger partial charge on any atom is 0.337 e. The number of fused-ring (bicyclic) bond motifs is 2. The van der Waals surface area contributed by atoms with Crippen molar-refractivity contribution in [2.45, 2.75) is 19.9 Å². The molecule has 0 saturated carbocycles. The molecule has 0 spiro atoms. The van der Waals surface area contributed by atoms with E-state index in [4.69, 9.17) is 4.42 Å². The number of nitrogens with one attached hydrogen (secondary N) is 1. The van der Waals surface area contributed by atoms with E-state index in [9.17, 15) is 14.7 Å². The highest BCUT2D eigenvalue weighted by Gasteiger charge is 2.18. The molecule has 164 valence electrons. The molecule has 0 aliphatic heterocycles. The number of hydrogen-bond acceptors (Lipinski definition) is 5. The molecular weight excluding hydrogens is 418 g/mol. The van der Waals surface area contributed by atoms with Crippen LogP contribution in [-0.2, 0) is 0 Å². The Labute approximate surface area is 188 Å². The lowest BCUT2D eigenvalue weighted by Gasteiger charge is -2.19. The van der Waals surface area contributed by atoms with Crippen LogP contribution in [0, 0.1) is 6.92 Å². The van der Waals surface area contributed by atoms with Gasteiger partial charge in [0.2, 0.25) is 0 Å². The van der Waals surface area contributed by atoms with Crippen molar-refractivity contribution in [1.82, 2.24) is 9.38 Å². The van der Waals surface area contributed by atoms with Crippen molar-refractivity contribution in [1.29, 1.82) is 0 Å². The molecule has 3 aromatic heterocycles. The topological polar surface area (TPSA) is 96.8 Å². The zero-order valence-electron chi connectivity index (χ0n) is 18.1. The molecule has 2 aromatic carbocycles. The number of carboxylic acids is 1. The van der Waals surface area contributed by atoms with Gasteiger partial charge in [-0.3, -0.25) is 4.79 Å². The molecule has 0 aliphatic carbocycles. The number of aromatic nitrogens is 2. The van der Waals surface area contributed by atoms with Gasteiger partial charge in [0.1, 0.15) is 17.0 Å². The first-order valence-corrected chi connectivity index (χ1v) is 10.5. The Bertz CT molecular complexity index is 1580. The van der Waals surface area contributed by atoms with Gasteiger partial charge in [0.05, 0.1) is 17.0 Å². The average Bonchev–Trinajstić information content (AvgIpc) is 3.27. The van der Waals surface area contributed by atoms with Gasteiger partial charge in [-0.15, -0.1) is 0 Å². The Balaban J connectivity index is 1.64. The summed E-state index contributed by atoms with van der Waals surface area (Å²) in [5, 5.41) is 13.3. The van der Waals surface area contributed by atoms with Crippen LogP contribution in [0.3, 0.4) is 0 Å². The highest BCUT2D eigenvalue weighted by atomic mass is 16.4. The number of hydrogen-bond donors (Lipinski definition) is 2. The van der Waals surface area contributed by atoms with Crippen LogP contribution < -0.4 is 10.7 Å². The third-order valence-electron chi connectivity index (χ3n) is 5.68. The number of rotatable bonds is 5. The van der Waals surface area contributed by atoms with Crippen molar-refractivity contribution in [2.75, 3.05) is 5.32 Å². The summed E-state index contributed by atoms with van der Waals surface area (Å²) < 4.78 is 8.16. The van der Waals surface area contributed by atoms with E-state index in [-0.39, 0.29) is 17.0 Å². The number of anilines is 1. The van der Waals surface area contributed by atoms with Gasteiger partial charge in [-0.2, -0.15) is 0 Å². The Morgan fingerprint density at radius 2 is 1.94 bits per heavy atom. The van der Waals surface area contributed by atoms with Crippen LogP contribution in [0.4, 0.5) is 5.69 Å². The number of benzene rings is 2. The summed E-state index contributed by atoms with van der Waals surface area (Å²) in [7, 11) is 0. The van der Waals surface area contributed by atoms with Crippen LogP contribution in [0.2, 0.25) is 0 Å². The minimum atomic E-state index is -1.01. The van der Waals surface area contributed by atoms with E-state index in [2.05, 4.69) is 10.3 Å². The van der Waals surface area contributed by atoms with E-state index in [1.54, 1.807) is 30.5 Å². The molecule has 33 heavy (non-hydrogen) atoms. The lowest BCUT2D eigenvalue weighted by atomic mass is 10.00. The molecule has 0 saturated heterocycles. The molecule has 0 aliphatic rings. The van der Waals surface area contributed by atoms with Crippen molar-refractivity contribution in [3.63, 3.8) is 0 Å². The zero-order chi connectivity index (χ0) is 23.1. The summed E-state index contributed by atoms with van der Waals surface area (Å²) in [4.78, 5) is 29.0. The predicted molar refractivity (Wildman–Crippen MR) is 127 cm³/mol. The van der Waals surface area contributed by atoms with Crippen LogP contribution in [-0.4, -0.2) is 20.5 Å². The van der Waals surface area contributed by atoms with E-state index in [1.807, 2.05) is 54.9 Å². The summed E-state index contributed by atoms with van der Waals surface area (Å²) in [5.74, 6) is -0.566. The number of para-hydroxylation sites is 1. The second-order valence-electron chi connectivity index (χ2n) is 8.03. The Kier molecular flexibility index (Phi) is 4.94. The van der Waals surface area contributed by atoms with E-state index in [1.165, 1.54) is 6.07 Å². The van der Waals surface area contributed by atoms with Crippen LogP contribution >= 0.6 is 0 Å². The lowest BCUT2D eigenvalue weighted by Crippen LogP contribution is -2.12. The van der Waals surface area contributed by atoms with Crippen molar-refractivity contribution in [2.24, 2.45) is 0 Å². The smallest absolute Gasteiger partial charge is 0.337 e. The van der Waals surface area contributed by atoms with Gasteiger partial charge in [0, 0.05) is 41.5 Å². The van der Waals surface area contributed by atoms with Gasteiger partial charge in [0.25, 0.3) is 0 Å². The average molecular weight is 439 g/mol. The van der Waals surface area contributed by atoms with Crippen molar-refractivity contribution in [3.05, 3.63) is 100 Å². The zero-order valence-corrected chi connectivity index (χ0v) is 18.1. The van der Waals surface area contributed by atoms with Gasteiger partial charge in [-0.1, -0.05) is 18.2 Å². The van der Waals surface area contributed by atoms with E-state index >= 15 is 0 Å². The van der Waals surface area contributed by atoms with Crippen LogP contribution in [0.25, 0.3) is 27.9 Å². The third kappa shape index (κ3) is 3.74. The molecule has 0 amide bonds. The maximum atomic E-state index is 13.0. The fourth-order valence-corrected chi connectivity index (χ4v) is 4.07. The van der Waals surface area contributed by atoms with Crippen LogP contribution in [0.15, 0.2) is 82.4 Å². The predicted octanol–water partition coefficient (Wildman–Crippen LogP) is 5.29. The van der Waals surface area contributed by atoms with Gasteiger partial charge >= 0.3 is 5.97 Å². The number of imidazole rings is 1. The van der Waals surface area contributed by atoms with E-state index in [0.29, 0.717) is 22.4 Å². The summed E-state index contributed by atoms with van der Waals surface area (Å²) in [6.45, 7) is 3.83. The Morgan fingerprint density at radius 1 is 1.12 bits per heavy atom. The minimum Gasteiger partial charge on any atom is -0.478 e. The molecule has 7 heteroatoms. The fraction of sp³-hybridized carbons (Fsp3) is 0.115. The van der Waals surface area contributed by atoms with Gasteiger partial charge < -0.3 is 19.2 Å². The second-order valence-corrected chi connectivity index (χ2v) is 8.03. The van der Waals surface area contributed by atoms with Crippen molar-refractivity contribution < 1.29 is 14.3 Å². The first-order valence-electron chi connectivity index (χ1n) is 10.5. The number of nitrogens with zero attached hydrogens (tertiary/aromatic N) is 2. The highest BCUT2D eigenvalue weighted by molar-refractivity contribution is 5.94. The first-order chi connectivity index (χ1) is 15.9. The molecule has 5 rings (SSSR count). The molecule has 0 fully saturated rings. The quantitative estimate of drug-likeness (QED) is 0.386. The number of carboxylic acid groups (broad SMARTS) is 1. The highest BCUT2D eigenvalue weighted by Crippen LogP contribution is 2.31. The third-order valence-corrected chi connectivity index (χ3v) is 5.68. The summed E-state index contributed by atoms with van der Waals surface area (Å²) in [5.41, 5.74) is 4.18. The Morgan fingerprint density at radius 3 is 2.76 bits per heavy atom. The van der Waals surface area contributed by atoms with Crippen molar-refractivity contribution >= 4 is 28.3 Å². The molecule has 1 unspecified atom stereocenters. The molecule has 3 heterocycles. The molecule has 5 aromatic rings. The van der Waals surface area contributed by atoms with Gasteiger partial charge in [-0.25, -0.2) is 9.78 Å². The lowest BCUT2D eigenvalue weighted by molar-refractivity contribution is 0.0698. The van der Waals surface area contributed by atoms with Gasteiger partial charge in [-0.05, 0) is 49.7 Å². The van der Waals surface area contributed by atoms with Gasteiger partial charge in [0.15, 0.2) is 5.43 Å². The number of aryl methyl sites for hydroxylation is 1. The summed E-state index contributed by atoms with van der Waals surface area (Å²) in [6, 6.07) is 15.4. The van der Waals surface area contributed by atoms with Crippen LogP contribution in [0.1, 0.15) is 34.5 Å². The Hall–Kier alpha value is -4.39. The fourth-order valence-electron chi connectivity index (χ4n) is 4.07. The molecule has 0 radical (unpaired) electrons. The van der Waals surface area contributed by atoms with Crippen molar-refractivity contribution in [3.8, 4) is 11.3 Å². The first kappa shape index (κ1) is 20.5. The molecular formula is C26H21N3O4. The number of aromatic carboxylic acids is 1. The SMILES string of the molecule is Cc1cc(C(C)Nc2ccccc2C(=O)O)c2oc(-c3ccn4ccnc4c3)cc(=O)c2c1. The van der Waals surface area contributed by atoms with E-state index in [0.717, 1.165) is 22.3 Å². The minimum absolute atomic E-state index is 0.141. The standard InChI is InChI=1S/C26H21N3O4/c1-15-11-19(16(2)28-21-6-4-3-5-18(21)26(31)32)25-20(12-15)22(30)14-23(33-25)17-7-9-29-10-8-27-24(29)13-17/h3-14,16,28H,1-2H3,(H,31,32). The normalized spacial score (nSPS) is 12.2. The molecule has 0 bridgehead atoms. The molecule has 7 nitrogen and oxygen atoms in total. The maximum absolute atomic E-state index is 13.0. The van der Waals surface area contributed by atoms with E-state index < -0.39 is 5.97 Å². The van der Waals surface area contributed by atoms with Crippen LogP contribution in [0.5, 0.6) is 0 Å². The second kappa shape index (κ2) is 7.94. The largest absolute Gasteiger partial charge is 0.478 e. The summed E-state index contributed by atoms with van der Waals surface area (Å²) >= 11 is 0.